The molecule has 7 heteroatoms. The second-order valence-corrected chi connectivity index (χ2v) is 3.90. The molecule has 0 radical (unpaired) electrons. The van der Waals surface area contributed by atoms with Gasteiger partial charge in [0.25, 0.3) is 5.95 Å². The van der Waals surface area contributed by atoms with Crippen LogP contribution in [0.2, 0.25) is 0 Å². The number of esters is 2. The normalized spacial score (nSPS) is 9.29. The highest BCUT2D eigenvalue weighted by atomic mass is 16.7. The smallest absolute Gasteiger partial charge is 0.374 e. The van der Waals surface area contributed by atoms with Gasteiger partial charge in [0.1, 0.15) is 13.2 Å². The number of carbonyl (C=O) groups excluding carboxylic acids is 2. The third-order valence-corrected chi connectivity index (χ3v) is 2.27. The molecule has 0 atom stereocenters. The van der Waals surface area contributed by atoms with Crippen LogP contribution < -0.4 is 0 Å². The third kappa shape index (κ3) is 7.66. The van der Waals surface area contributed by atoms with Crippen molar-refractivity contribution < 1.29 is 28.5 Å². The first-order chi connectivity index (χ1) is 9.81. The summed E-state index contributed by atoms with van der Waals surface area (Å²) in [5.74, 6) is -1.51. The summed E-state index contributed by atoms with van der Waals surface area (Å²) >= 11 is 0. The molecule has 0 bridgehead atoms. The van der Waals surface area contributed by atoms with Gasteiger partial charge in [0.2, 0.25) is 5.76 Å². The molecule has 21 heavy (non-hydrogen) atoms. The molecule has 0 amide bonds. The van der Waals surface area contributed by atoms with Crippen molar-refractivity contribution in [3.8, 4) is 0 Å². The minimum absolute atomic E-state index is 0.0160. The standard InChI is InChI=1S/C14H21NO6/c1-7-19-13(16)8-15(5)10(2)9-20-14(17)11(3)21-12(4)18-6/h2-4,7-9H2,1,5-6H3. The highest BCUT2D eigenvalue weighted by Crippen LogP contribution is 2.07. The molecular formula is C14H21NO6. The Balaban J connectivity index is 4.17. The Hall–Kier alpha value is -2.44. The SMILES string of the molecule is C=C(OC)OC(=C)C(=O)OCC(=C)N(C)CC(=O)OCC. The minimum atomic E-state index is -0.779. The van der Waals surface area contributed by atoms with Gasteiger partial charge in [-0.15, -0.1) is 0 Å². The second-order valence-electron chi connectivity index (χ2n) is 3.90. The van der Waals surface area contributed by atoms with E-state index in [2.05, 4.69) is 24.5 Å². The number of hydrogen-bond donors (Lipinski definition) is 0. The maximum atomic E-state index is 11.6. The Morgan fingerprint density at radius 3 is 2.29 bits per heavy atom. The van der Waals surface area contributed by atoms with Gasteiger partial charge in [0.05, 0.1) is 13.7 Å². The molecule has 0 rings (SSSR count). The Bertz CT molecular complexity index is 429. The molecule has 118 valence electrons. The van der Waals surface area contributed by atoms with Crippen molar-refractivity contribution in [2.24, 2.45) is 0 Å². The van der Waals surface area contributed by atoms with Gasteiger partial charge in [0, 0.05) is 12.7 Å². The van der Waals surface area contributed by atoms with E-state index < -0.39 is 11.9 Å². The maximum absolute atomic E-state index is 11.6. The maximum Gasteiger partial charge on any atom is 0.374 e. The molecule has 0 aliphatic heterocycles. The van der Waals surface area contributed by atoms with Crippen LogP contribution in [0.15, 0.2) is 37.1 Å². The summed E-state index contributed by atoms with van der Waals surface area (Å²) in [5.41, 5.74) is 0.426. The molecule has 0 aliphatic rings. The van der Waals surface area contributed by atoms with Crippen LogP contribution in [0.4, 0.5) is 0 Å². The Morgan fingerprint density at radius 2 is 1.76 bits per heavy atom. The lowest BCUT2D eigenvalue weighted by Crippen LogP contribution is -2.29. The zero-order valence-electron chi connectivity index (χ0n) is 12.6. The predicted molar refractivity (Wildman–Crippen MR) is 75.7 cm³/mol. The van der Waals surface area contributed by atoms with Crippen LogP contribution in [0.5, 0.6) is 0 Å². The zero-order chi connectivity index (χ0) is 16.4. The summed E-state index contributed by atoms with van der Waals surface area (Å²) in [6.07, 6.45) is 0. The number of hydrogen-bond acceptors (Lipinski definition) is 7. The quantitative estimate of drug-likeness (QED) is 0.341. The van der Waals surface area contributed by atoms with Crippen molar-refractivity contribution in [1.29, 1.82) is 0 Å². The first-order valence-electron chi connectivity index (χ1n) is 6.13. The van der Waals surface area contributed by atoms with Crippen LogP contribution in [0.3, 0.4) is 0 Å². The van der Waals surface area contributed by atoms with E-state index in [1.165, 1.54) is 12.0 Å². The number of nitrogens with zero attached hydrogens (tertiary/aromatic N) is 1. The van der Waals surface area contributed by atoms with E-state index in [0.717, 1.165) is 0 Å². The van der Waals surface area contributed by atoms with Crippen molar-refractivity contribution in [3.05, 3.63) is 37.1 Å². The van der Waals surface area contributed by atoms with Gasteiger partial charge in [0.15, 0.2) is 0 Å². The van der Waals surface area contributed by atoms with Gasteiger partial charge < -0.3 is 23.8 Å². The summed E-state index contributed by atoms with van der Waals surface area (Å²) in [6, 6.07) is 0. The Morgan fingerprint density at radius 1 is 1.14 bits per heavy atom. The lowest BCUT2D eigenvalue weighted by Gasteiger charge is -2.20. The van der Waals surface area contributed by atoms with Crippen LogP contribution >= 0.6 is 0 Å². The molecule has 0 aromatic rings. The molecule has 0 spiro atoms. The van der Waals surface area contributed by atoms with E-state index in [9.17, 15) is 9.59 Å². The highest BCUT2D eigenvalue weighted by molar-refractivity contribution is 5.85. The molecule has 0 fully saturated rings. The van der Waals surface area contributed by atoms with Gasteiger partial charge >= 0.3 is 11.9 Å². The molecule has 0 heterocycles. The molecule has 0 saturated carbocycles. The van der Waals surface area contributed by atoms with Crippen LogP contribution in [0.25, 0.3) is 0 Å². The van der Waals surface area contributed by atoms with E-state index in [1.807, 2.05) is 0 Å². The highest BCUT2D eigenvalue weighted by Gasteiger charge is 2.15. The van der Waals surface area contributed by atoms with Crippen molar-refractivity contribution in [2.45, 2.75) is 6.92 Å². The third-order valence-electron chi connectivity index (χ3n) is 2.27. The number of rotatable bonds is 10. The molecule has 0 N–H and O–H groups in total. The number of carbonyl (C=O) groups is 2. The van der Waals surface area contributed by atoms with E-state index in [-0.39, 0.29) is 24.9 Å². The largest absolute Gasteiger partial charge is 0.469 e. The van der Waals surface area contributed by atoms with E-state index in [1.54, 1.807) is 14.0 Å². The summed E-state index contributed by atoms with van der Waals surface area (Å²) in [5, 5.41) is 0. The summed E-state index contributed by atoms with van der Waals surface area (Å²) < 4.78 is 19.2. The summed E-state index contributed by atoms with van der Waals surface area (Å²) in [6.45, 7) is 12.4. The first-order valence-corrected chi connectivity index (χ1v) is 6.13. The number of methoxy groups -OCH3 is 1. The van der Waals surface area contributed by atoms with E-state index >= 15 is 0 Å². The van der Waals surface area contributed by atoms with Crippen LogP contribution in [-0.4, -0.2) is 50.8 Å². The predicted octanol–water partition coefficient (Wildman–Crippen LogP) is 1.19. The molecule has 7 nitrogen and oxygen atoms in total. The molecule has 0 aromatic carbocycles. The molecule has 0 saturated heterocycles. The van der Waals surface area contributed by atoms with Gasteiger partial charge in [-0.3, -0.25) is 4.79 Å². The first kappa shape index (κ1) is 18.6. The van der Waals surface area contributed by atoms with Crippen LogP contribution in [0, 0.1) is 0 Å². The fraction of sp³-hybridized carbons (Fsp3) is 0.429. The van der Waals surface area contributed by atoms with E-state index in [4.69, 9.17) is 14.2 Å². The average Bonchev–Trinajstić information content (AvgIpc) is 2.43. The van der Waals surface area contributed by atoms with Crippen LogP contribution in [0.1, 0.15) is 6.92 Å². The van der Waals surface area contributed by atoms with Crippen molar-refractivity contribution in [2.75, 3.05) is 33.9 Å². The van der Waals surface area contributed by atoms with E-state index in [0.29, 0.717) is 12.3 Å². The van der Waals surface area contributed by atoms with Gasteiger partial charge in [-0.1, -0.05) is 6.58 Å². The zero-order valence-corrected chi connectivity index (χ0v) is 12.6. The summed E-state index contributed by atoms with van der Waals surface area (Å²) in [7, 11) is 2.97. The molecule has 0 aliphatic carbocycles. The lowest BCUT2D eigenvalue weighted by atomic mass is 10.4. The molecular weight excluding hydrogens is 278 g/mol. The average molecular weight is 299 g/mol. The van der Waals surface area contributed by atoms with Gasteiger partial charge in [-0.25, -0.2) is 4.79 Å². The van der Waals surface area contributed by atoms with Crippen molar-refractivity contribution in [3.63, 3.8) is 0 Å². The Labute approximate surface area is 124 Å². The van der Waals surface area contributed by atoms with Crippen LogP contribution in [-0.2, 0) is 28.5 Å². The topological polar surface area (TPSA) is 74.3 Å². The Kier molecular flexibility index (Phi) is 8.36. The van der Waals surface area contributed by atoms with Crippen molar-refractivity contribution in [1.82, 2.24) is 4.90 Å². The number of likely N-dealkylation sites (N-methyl/N-ethyl adjacent to an activating group) is 1. The molecule has 0 unspecified atom stereocenters. The monoisotopic (exact) mass is 299 g/mol. The minimum Gasteiger partial charge on any atom is -0.469 e. The number of ether oxygens (including phenoxy) is 4. The fourth-order valence-electron chi connectivity index (χ4n) is 1.07. The van der Waals surface area contributed by atoms with Gasteiger partial charge in [-0.2, -0.15) is 0 Å². The van der Waals surface area contributed by atoms with Crippen molar-refractivity contribution >= 4 is 11.9 Å². The molecule has 0 aromatic heterocycles. The lowest BCUT2D eigenvalue weighted by molar-refractivity contribution is -0.144. The fourth-order valence-corrected chi connectivity index (χ4v) is 1.07. The second kappa shape index (κ2) is 9.46. The summed E-state index contributed by atoms with van der Waals surface area (Å²) in [4.78, 5) is 24.4. The van der Waals surface area contributed by atoms with Gasteiger partial charge in [-0.05, 0) is 20.1 Å².